The van der Waals surface area contributed by atoms with Crippen molar-refractivity contribution in [1.82, 2.24) is 20.5 Å². The van der Waals surface area contributed by atoms with Crippen LogP contribution in [0.3, 0.4) is 0 Å². The van der Waals surface area contributed by atoms with Gasteiger partial charge in [0, 0.05) is 24.8 Å². The smallest absolute Gasteiger partial charge is 0.269 e. The van der Waals surface area contributed by atoms with E-state index in [-0.39, 0.29) is 17.5 Å². The number of hydrogen-bond donors (Lipinski definition) is 2. The van der Waals surface area contributed by atoms with Gasteiger partial charge in [-0.3, -0.25) is 14.6 Å². The summed E-state index contributed by atoms with van der Waals surface area (Å²) < 4.78 is 0. The van der Waals surface area contributed by atoms with Gasteiger partial charge in [0.25, 0.3) is 11.8 Å². The lowest BCUT2D eigenvalue weighted by Crippen LogP contribution is -2.28. The molecule has 0 unspecified atom stereocenters. The minimum atomic E-state index is -0.233. The summed E-state index contributed by atoms with van der Waals surface area (Å²) in [6.07, 6.45) is 5.53. The van der Waals surface area contributed by atoms with Crippen LogP contribution in [0.5, 0.6) is 0 Å². The Morgan fingerprint density at radius 1 is 1.09 bits per heavy atom. The van der Waals surface area contributed by atoms with Gasteiger partial charge in [-0.25, -0.2) is 0 Å². The van der Waals surface area contributed by atoms with Gasteiger partial charge in [0.05, 0.1) is 0 Å². The van der Waals surface area contributed by atoms with Gasteiger partial charge in [-0.15, -0.1) is 0 Å². The van der Waals surface area contributed by atoms with E-state index in [1.807, 2.05) is 14.1 Å². The molecule has 0 aromatic carbocycles. The van der Waals surface area contributed by atoms with Gasteiger partial charge in [0.15, 0.2) is 0 Å². The van der Waals surface area contributed by atoms with Crippen molar-refractivity contribution in [2.45, 2.75) is 32.6 Å². The van der Waals surface area contributed by atoms with Crippen molar-refractivity contribution >= 4 is 11.8 Å². The number of carbonyl (C=O) groups is 2. The lowest BCUT2D eigenvalue weighted by molar-refractivity contribution is 0.0948. The fourth-order valence-electron chi connectivity index (χ4n) is 2.06. The molecule has 1 rings (SSSR count). The topological polar surface area (TPSA) is 74.3 Å². The highest BCUT2D eigenvalue weighted by molar-refractivity contribution is 5.98. The number of nitrogens with zero attached hydrogens (tertiary/aromatic N) is 2. The van der Waals surface area contributed by atoms with Crippen LogP contribution >= 0.6 is 0 Å². The molecule has 2 amide bonds. The van der Waals surface area contributed by atoms with Crippen LogP contribution in [-0.2, 0) is 0 Å². The Morgan fingerprint density at radius 3 is 2.48 bits per heavy atom. The van der Waals surface area contributed by atoms with E-state index >= 15 is 0 Å². The third-order valence-electron chi connectivity index (χ3n) is 3.39. The van der Waals surface area contributed by atoms with E-state index in [4.69, 9.17) is 0 Å². The zero-order chi connectivity index (χ0) is 17.1. The summed E-state index contributed by atoms with van der Waals surface area (Å²) in [5.41, 5.74) is 0.742. The first-order valence-corrected chi connectivity index (χ1v) is 8.21. The maximum absolute atomic E-state index is 12.1. The Balaban J connectivity index is 2.48. The summed E-state index contributed by atoms with van der Waals surface area (Å²) in [5, 5.41) is 5.68. The second-order valence-corrected chi connectivity index (χ2v) is 5.81. The largest absolute Gasteiger partial charge is 0.352 e. The molecule has 6 heteroatoms. The molecule has 0 aliphatic carbocycles. The fourth-order valence-corrected chi connectivity index (χ4v) is 2.06. The average Bonchev–Trinajstić information content (AvgIpc) is 2.55. The van der Waals surface area contributed by atoms with Gasteiger partial charge in [-0.2, -0.15) is 0 Å². The first kappa shape index (κ1) is 19.1. The first-order valence-electron chi connectivity index (χ1n) is 8.21. The van der Waals surface area contributed by atoms with Crippen molar-refractivity contribution in [2.75, 3.05) is 33.7 Å². The molecule has 1 heterocycles. The van der Waals surface area contributed by atoms with Crippen LogP contribution < -0.4 is 10.6 Å². The molecular weight excluding hydrogens is 292 g/mol. The first-order chi connectivity index (χ1) is 11.0. The van der Waals surface area contributed by atoms with Gasteiger partial charge in [0.2, 0.25) is 0 Å². The van der Waals surface area contributed by atoms with E-state index in [1.165, 1.54) is 12.3 Å². The zero-order valence-corrected chi connectivity index (χ0v) is 14.4. The molecule has 23 heavy (non-hydrogen) atoms. The molecular formula is C17H28N4O2. The molecule has 128 valence electrons. The van der Waals surface area contributed by atoms with Crippen molar-refractivity contribution in [3.05, 3.63) is 29.6 Å². The van der Waals surface area contributed by atoms with E-state index in [0.717, 1.165) is 32.2 Å². The Labute approximate surface area is 138 Å². The number of unbranched alkanes of at least 4 members (excludes halogenated alkanes) is 2. The average molecular weight is 320 g/mol. The number of hydrogen-bond acceptors (Lipinski definition) is 4. The van der Waals surface area contributed by atoms with Crippen LogP contribution in [0.1, 0.15) is 53.5 Å². The molecule has 0 saturated heterocycles. The van der Waals surface area contributed by atoms with E-state index in [9.17, 15) is 9.59 Å². The number of amides is 2. The Morgan fingerprint density at radius 2 is 1.78 bits per heavy atom. The quantitative estimate of drug-likeness (QED) is 0.643. The van der Waals surface area contributed by atoms with Crippen molar-refractivity contribution in [2.24, 2.45) is 0 Å². The molecule has 0 aliphatic rings. The van der Waals surface area contributed by atoms with Crippen LogP contribution in [0.25, 0.3) is 0 Å². The molecule has 0 saturated carbocycles. The van der Waals surface area contributed by atoms with Crippen LogP contribution in [0, 0.1) is 0 Å². The van der Waals surface area contributed by atoms with E-state index in [2.05, 4.69) is 27.4 Å². The van der Waals surface area contributed by atoms with E-state index < -0.39 is 0 Å². The molecule has 0 radical (unpaired) electrons. The van der Waals surface area contributed by atoms with Gasteiger partial charge >= 0.3 is 0 Å². The SMILES string of the molecule is CCCCCNC(=O)c1cc(C(=O)NCCCN(C)C)ccn1. The standard InChI is InChI=1S/C17H28N4O2/c1-4-5-6-9-20-17(23)15-13-14(8-11-18-15)16(22)19-10-7-12-21(2)3/h8,11,13H,4-7,9-10,12H2,1-3H3,(H,19,22)(H,20,23). The Hall–Kier alpha value is -1.95. The third kappa shape index (κ3) is 7.74. The Bertz CT molecular complexity index is 503. The number of carbonyl (C=O) groups excluding carboxylic acids is 2. The molecule has 6 nitrogen and oxygen atoms in total. The van der Waals surface area contributed by atoms with Crippen LogP contribution in [0.15, 0.2) is 18.3 Å². The molecule has 1 aromatic rings. The predicted molar refractivity (Wildman–Crippen MR) is 91.6 cm³/mol. The molecule has 0 bridgehead atoms. The molecule has 0 spiro atoms. The van der Waals surface area contributed by atoms with Gasteiger partial charge < -0.3 is 15.5 Å². The van der Waals surface area contributed by atoms with E-state index in [1.54, 1.807) is 6.07 Å². The fraction of sp³-hybridized carbons (Fsp3) is 0.588. The van der Waals surface area contributed by atoms with E-state index in [0.29, 0.717) is 18.7 Å². The van der Waals surface area contributed by atoms with Gasteiger partial charge in [-0.1, -0.05) is 19.8 Å². The number of pyridine rings is 1. The van der Waals surface area contributed by atoms with Crippen molar-refractivity contribution in [3.63, 3.8) is 0 Å². The van der Waals surface area contributed by atoms with Crippen LogP contribution in [-0.4, -0.2) is 55.4 Å². The number of aromatic nitrogens is 1. The minimum absolute atomic E-state index is 0.175. The highest BCUT2D eigenvalue weighted by Crippen LogP contribution is 2.02. The molecule has 0 fully saturated rings. The summed E-state index contributed by atoms with van der Waals surface area (Å²) in [7, 11) is 3.99. The van der Waals surface area contributed by atoms with Gasteiger partial charge in [-0.05, 0) is 45.6 Å². The monoisotopic (exact) mass is 320 g/mol. The van der Waals surface area contributed by atoms with Crippen LogP contribution in [0.2, 0.25) is 0 Å². The normalized spacial score (nSPS) is 10.6. The number of rotatable bonds is 10. The summed E-state index contributed by atoms with van der Waals surface area (Å²) >= 11 is 0. The lowest BCUT2D eigenvalue weighted by Gasteiger charge is -2.10. The highest BCUT2D eigenvalue weighted by atomic mass is 16.2. The Kier molecular flexibility index (Phi) is 8.90. The maximum atomic E-state index is 12.1. The summed E-state index contributed by atoms with van der Waals surface area (Å²) in [6, 6.07) is 3.16. The van der Waals surface area contributed by atoms with Crippen molar-refractivity contribution in [1.29, 1.82) is 0 Å². The molecule has 0 atom stereocenters. The van der Waals surface area contributed by atoms with Crippen LogP contribution in [0.4, 0.5) is 0 Å². The summed E-state index contributed by atoms with van der Waals surface area (Å²) in [5.74, 6) is -0.408. The molecule has 0 aliphatic heterocycles. The predicted octanol–water partition coefficient (Wildman–Crippen LogP) is 1.68. The third-order valence-corrected chi connectivity index (χ3v) is 3.39. The maximum Gasteiger partial charge on any atom is 0.269 e. The zero-order valence-electron chi connectivity index (χ0n) is 14.4. The van der Waals surface area contributed by atoms with Gasteiger partial charge in [0.1, 0.15) is 5.69 Å². The lowest BCUT2D eigenvalue weighted by atomic mass is 10.2. The van der Waals surface area contributed by atoms with Crippen molar-refractivity contribution < 1.29 is 9.59 Å². The minimum Gasteiger partial charge on any atom is -0.352 e. The second-order valence-electron chi connectivity index (χ2n) is 5.81. The molecule has 2 N–H and O–H groups in total. The second kappa shape index (κ2) is 10.7. The highest BCUT2D eigenvalue weighted by Gasteiger charge is 2.11. The summed E-state index contributed by atoms with van der Waals surface area (Å²) in [4.78, 5) is 30.2. The molecule has 1 aromatic heterocycles. The van der Waals surface area contributed by atoms with Crippen molar-refractivity contribution in [3.8, 4) is 0 Å². The number of nitrogens with one attached hydrogen (secondary N) is 2. The summed E-state index contributed by atoms with van der Waals surface area (Å²) in [6.45, 7) is 4.28.